The van der Waals surface area contributed by atoms with E-state index in [1.54, 1.807) is 26.1 Å². The lowest BCUT2D eigenvalue weighted by molar-refractivity contribution is -0.140. The average molecular weight is 400 g/mol. The molecule has 0 saturated carbocycles. The highest BCUT2D eigenvalue weighted by atomic mass is 19.1. The zero-order valence-electron chi connectivity index (χ0n) is 17.2. The second-order valence-corrected chi connectivity index (χ2v) is 8.45. The van der Waals surface area contributed by atoms with Crippen LogP contribution in [0.25, 0.3) is 0 Å². The largest absolute Gasteiger partial charge is 0.427 e. The lowest BCUT2D eigenvalue weighted by atomic mass is 9.79. The molecule has 154 valence electrons. The van der Waals surface area contributed by atoms with Crippen molar-refractivity contribution in [1.29, 1.82) is 0 Å². The number of pyridine rings is 1. The second kappa shape index (κ2) is 7.86. The van der Waals surface area contributed by atoms with Crippen molar-refractivity contribution in [2.45, 2.75) is 44.3 Å². The minimum absolute atomic E-state index is 0.231. The molecule has 6 nitrogen and oxygen atoms in total. The lowest BCUT2D eigenvalue weighted by Gasteiger charge is -2.39. The van der Waals surface area contributed by atoms with Crippen LogP contribution in [0.4, 0.5) is 10.1 Å². The third-order valence-electron chi connectivity index (χ3n) is 5.62. The number of amides is 1. The number of rotatable bonds is 7. The summed E-state index contributed by atoms with van der Waals surface area (Å²) in [7, 11) is 0.287. The van der Waals surface area contributed by atoms with Crippen molar-refractivity contribution in [3.05, 3.63) is 54.1 Å². The molecule has 0 radical (unpaired) electrons. The third-order valence-corrected chi connectivity index (χ3v) is 5.62. The molecular weight excluding hydrogens is 374 g/mol. The molecule has 3 rings (SSSR count). The summed E-state index contributed by atoms with van der Waals surface area (Å²) in [5.74, 6) is -0.605. The van der Waals surface area contributed by atoms with Gasteiger partial charge >= 0.3 is 7.48 Å². The minimum atomic E-state index is -0.994. The molecule has 2 N–H and O–H groups in total. The molecular formula is C21H26BFN2O4. The van der Waals surface area contributed by atoms with Crippen LogP contribution in [0.3, 0.4) is 0 Å². The number of carbonyl (C=O) groups is 1. The topological polar surface area (TPSA) is 80.7 Å². The SMILES string of the molecule is CC(C)(O)C(C)(C)OBc1ccc(C2(C(=O)Nc3ccc(F)cc3)COC2)nc1. The zero-order valence-corrected chi connectivity index (χ0v) is 17.2. The first-order valence-corrected chi connectivity index (χ1v) is 9.50. The predicted octanol–water partition coefficient (Wildman–Crippen LogP) is 1.67. The number of aliphatic hydroxyl groups is 1. The Morgan fingerprint density at radius 2 is 1.86 bits per heavy atom. The molecule has 1 amide bonds. The van der Waals surface area contributed by atoms with Crippen molar-refractivity contribution in [3.8, 4) is 0 Å². The lowest BCUT2D eigenvalue weighted by Crippen LogP contribution is -2.56. The third kappa shape index (κ3) is 4.50. The molecule has 1 aliphatic rings. The van der Waals surface area contributed by atoms with Gasteiger partial charge in [0, 0.05) is 11.9 Å². The first-order chi connectivity index (χ1) is 13.5. The highest BCUT2D eigenvalue weighted by molar-refractivity contribution is 6.46. The summed E-state index contributed by atoms with van der Waals surface area (Å²) in [4.78, 5) is 17.3. The number of benzene rings is 1. The van der Waals surface area contributed by atoms with Crippen LogP contribution in [0, 0.1) is 5.82 Å². The van der Waals surface area contributed by atoms with E-state index in [9.17, 15) is 14.3 Å². The van der Waals surface area contributed by atoms with E-state index >= 15 is 0 Å². The first-order valence-electron chi connectivity index (χ1n) is 9.50. The van der Waals surface area contributed by atoms with E-state index in [1.807, 2.05) is 19.9 Å². The van der Waals surface area contributed by atoms with E-state index in [1.165, 1.54) is 24.3 Å². The molecule has 0 spiro atoms. The number of aromatic nitrogens is 1. The van der Waals surface area contributed by atoms with E-state index in [2.05, 4.69) is 10.3 Å². The van der Waals surface area contributed by atoms with Gasteiger partial charge in [0.1, 0.15) is 11.2 Å². The molecule has 1 fully saturated rings. The summed E-state index contributed by atoms with van der Waals surface area (Å²) in [6.07, 6.45) is 1.67. The van der Waals surface area contributed by atoms with Gasteiger partial charge in [0.05, 0.1) is 30.1 Å². The number of halogens is 1. The van der Waals surface area contributed by atoms with Crippen LogP contribution in [0.2, 0.25) is 0 Å². The van der Waals surface area contributed by atoms with Crippen molar-refractivity contribution >= 4 is 24.5 Å². The van der Waals surface area contributed by atoms with Crippen molar-refractivity contribution in [2.75, 3.05) is 18.5 Å². The van der Waals surface area contributed by atoms with Gasteiger partial charge < -0.3 is 19.8 Å². The number of nitrogens with one attached hydrogen (secondary N) is 1. The predicted molar refractivity (Wildman–Crippen MR) is 110 cm³/mol. The number of anilines is 1. The Hall–Kier alpha value is -2.29. The fraction of sp³-hybridized carbons (Fsp3) is 0.429. The summed E-state index contributed by atoms with van der Waals surface area (Å²) in [6.45, 7) is 7.52. The second-order valence-electron chi connectivity index (χ2n) is 8.45. The Labute approximate surface area is 170 Å². The van der Waals surface area contributed by atoms with E-state index in [0.717, 1.165) is 5.46 Å². The molecule has 1 aromatic carbocycles. The van der Waals surface area contributed by atoms with Crippen LogP contribution in [0.1, 0.15) is 33.4 Å². The Morgan fingerprint density at radius 1 is 1.21 bits per heavy atom. The van der Waals surface area contributed by atoms with Crippen LogP contribution in [0.15, 0.2) is 42.6 Å². The monoisotopic (exact) mass is 400 g/mol. The number of nitrogens with zero attached hydrogens (tertiary/aromatic N) is 1. The van der Waals surface area contributed by atoms with Crippen LogP contribution in [0.5, 0.6) is 0 Å². The summed E-state index contributed by atoms with van der Waals surface area (Å²) in [5, 5.41) is 13.0. The van der Waals surface area contributed by atoms with Crippen LogP contribution in [-0.2, 0) is 19.6 Å². The van der Waals surface area contributed by atoms with Gasteiger partial charge in [-0.05, 0) is 63.5 Å². The van der Waals surface area contributed by atoms with Crippen molar-refractivity contribution in [3.63, 3.8) is 0 Å². The van der Waals surface area contributed by atoms with Gasteiger partial charge in [-0.15, -0.1) is 0 Å². The maximum Gasteiger partial charge on any atom is 0.311 e. The number of carbonyl (C=O) groups excluding carboxylic acids is 1. The minimum Gasteiger partial charge on any atom is -0.427 e. The average Bonchev–Trinajstić information content (AvgIpc) is 2.61. The summed E-state index contributed by atoms with van der Waals surface area (Å²) in [5.41, 5.74) is -0.647. The van der Waals surface area contributed by atoms with Crippen LogP contribution >= 0.6 is 0 Å². The Bertz CT molecular complexity index is 860. The van der Waals surface area contributed by atoms with Crippen molar-refractivity contribution < 1.29 is 23.7 Å². The van der Waals surface area contributed by atoms with E-state index in [-0.39, 0.29) is 32.4 Å². The van der Waals surface area contributed by atoms with Gasteiger partial charge in [0.25, 0.3) is 0 Å². The standard InChI is InChI=1S/C21H26BFN2O4/c1-19(2,27)20(3,4)29-22-14-5-10-17(24-11-14)21(12-28-13-21)18(26)25-16-8-6-15(23)7-9-16/h5-11,22,27H,12-13H2,1-4H3,(H,25,26). The molecule has 1 aromatic heterocycles. The van der Waals surface area contributed by atoms with Gasteiger partial charge in [0.15, 0.2) is 0 Å². The van der Waals surface area contributed by atoms with Crippen molar-refractivity contribution in [2.24, 2.45) is 0 Å². The van der Waals surface area contributed by atoms with Gasteiger partial charge in [-0.2, -0.15) is 0 Å². The summed E-state index contributed by atoms with van der Waals surface area (Å²) < 4.78 is 24.2. The molecule has 0 bridgehead atoms. The smallest absolute Gasteiger partial charge is 0.311 e. The summed E-state index contributed by atoms with van der Waals surface area (Å²) >= 11 is 0. The van der Waals surface area contributed by atoms with Crippen molar-refractivity contribution in [1.82, 2.24) is 4.98 Å². The molecule has 29 heavy (non-hydrogen) atoms. The van der Waals surface area contributed by atoms with E-state index in [4.69, 9.17) is 9.39 Å². The number of hydrogen-bond acceptors (Lipinski definition) is 5. The van der Waals surface area contributed by atoms with Gasteiger partial charge in [-0.25, -0.2) is 4.39 Å². The molecule has 0 aliphatic carbocycles. The van der Waals surface area contributed by atoms with Crippen LogP contribution in [-0.4, -0.2) is 47.9 Å². The van der Waals surface area contributed by atoms with Crippen LogP contribution < -0.4 is 10.8 Å². The molecule has 1 aliphatic heterocycles. The fourth-order valence-corrected chi connectivity index (χ4v) is 2.72. The fourth-order valence-electron chi connectivity index (χ4n) is 2.72. The molecule has 1 saturated heterocycles. The Balaban J connectivity index is 1.70. The molecule has 0 unspecified atom stereocenters. The van der Waals surface area contributed by atoms with Gasteiger partial charge in [-0.1, -0.05) is 6.07 Å². The molecule has 8 heteroatoms. The summed E-state index contributed by atoms with van der Waals surface area (Å²) in [6, 6.07) is 9.26. The van der Waals surface area contributed by atoms with Gasteiger partial charge in [-0.3, -0.25) is 9.78 Å². The highest BCUT2D eigenvalue weighted by Gasteiger charge is 2.49. The Morgan fingerprint density at radius 3 is 2.34 bits per heavy atom. The molecule has 0 atom stereocenters. The maximum absolute atomic E-state index is 13.1. The zero-order chi connectivity index (χ0) is 21.3. The van der Waals surface area contributed by atoms with E-state index < -0.39 is 16.6 Å². The molecule has 2 heterocycles. The van der Waals surface area contributed by atoms with Gasteiger partial charge in [0.2, 0.25) is 5.91 Å². The first kappa shape index (κ1) is 21.4. The quantitative estimate of drug-likeness (QED) is 0.692. The normalized spacial score (nSPS) is 16.1. The number of ether oxygens (including phenoxy) is 1. The molecule has 2 aromatic rings. The Kier molecular flexibility index (Phi) is 5.80. The highest BCUT2D eigenvalue weighted by Crippen LogP contribution is 2.32. The van der Waals surface area contributed by atoms with E-state index in [0.29, 0.717) is 11.4 Å². The number of hydrogen-bond donors (Lipinski definition) is 2. The maximum atomic E-state index is 13.1.